The second-order valence-electron chi connectivity index (χ2n) is 4.33. The molecule has 1 aromatic rings. The molecule has 2 nitrogen and oxygen atoms in total. The molecule has 0 aliphatic carbocycles. The number of furan rings is 1. The molecule has 0 saturated carbocycles. The molecule has 1 aliphatic heterocycles. The molecule has 1 saturated heterocycles. The van der Waals surface area contributed by atoms with E-state index in [0.717, 1.165) is 22.9 Å². The molecule has 0 bridgehead atoms. The van der Waals surface area contributed by atoms with Crippen LogP contribution in [0.1, 0.15) is 31.6 Å². The van der Waals surface area contributed by atoms with Crippen molar-refractivity contribution in [3.8, 4) is 0 Å². The molecule has 0 aromatic carbocycles. The maximum absolute atomic E-state index is 5.54. The van der Waals surface area contributed by atoms with E-state index in [-0.39, 0.29) is 0 Å². The Morgan fingerprint density at radius 3 is 2.88 bits per heavy atom. The van der Waals surface area contributed by atoms with E-state index < -0.39 is 0 Å². The van der Waals surface area contributed by atoms with Gasteiger partial charge in [-0.05, 0) is 71.8 Å². The molecule has 4 heteroatoms. The molecule has 0 spiro atoms. The minimum absolute atomic E-state index is 0.306. The fourth-order valence-electron chi connectivity index (χ4n) is 1.96. The van der Waals surface area contributed by atoms with E-state index in [1.807, 2.05) is 12.1 Å². The Bertz CT molecular complexity index is 323. The lowest BCUT2D eigenvalue weighted by atomic mass is 10.0. The van der Waals surface area contributed by atoms with Gasteiger partial charge in [-0.2, -0.15) is 11.8 Å². The van der Waals surface area contributed by atoms with E-state index in [4.69, 9.17) is 4.42 Å². The van der Waals surface area contributed by atoms with Crippen molar-refractivity contribution < 1.29 is 4.42 Å². The second kappa shape index (κ2) is 6.12. The Morgan fingerprint density at radius 1 is 1.50 bits per heavy atom. The molecular weight excluding hydrogens is 286 g/mol. The summed E-state index contributed by atoms with van der Waals surface area (Å²) in [4.78, 5) is 0. The van der Waals surface area contributed by atoms with Gasteiger partial charge in [0.25, 0.3) is 0 Å². The van der Waals surface area contributed by atoms with Crippen molar-refractivity contribution in [2.75, 3.05) is 18.1 Å². The molecule has 1 unspecified atom stereocenters. The van der Waals surface area contributed by atoms with Crippen LogP contribution < -0.4 is 5.32 Å². The first-order valence-corrected chi connectivity index (χ1v) is 7.77. The summed E-state index contributed by atoms with van der Waals surface area (Å²) in [6.07, 6.45) is 2.71. The molecule has 1 fully saturated rings. The fourth-order valence-corrected chi connectivity index (χ4v) is 3.48. The van der Waals surface area contributed by atoms with E-state index in [1.165, 1.54) is 24.3 Å². The molecule has 0 amide bonds. The largest absolute Gasteiger partial charge is 0.453 e. The monoisotopic (exact) mass is 303 g/mol. The lowest BCUT2D eigenvalue weighted by Crippen LogP contribution is -2.27. The van der Waals surface area contributed by atoms with Gasteiger partial charge in [-0.25, -0.2) is 0 Å². The predicted molar refractivity (Wildman–Crippen MR) is 72.9 cm³/mol. The molecule has 2 rings (SSSR count). The fraction of sp³-hybridized carbons (Fsp3) is 0.667. The van der Waals surface area contributed by atoms with Gasteiger partial charge in [0.2, 0.25) is 0 Å². The summed E-state index contributed by atoms with van der Waals surface area (Å²) >= 11 is 5.41. The highest BCUT2D eigenvalue weighted by atomic mass is 79.9. The average molecular weight is 304 g/mol. The van der Waals surface area contributed by atoms with Crippen LogP contribution in [0.2, 0.25) is 0 Å². The zero-order chi connectivity index (χ0) is 11.4. The van der Waals surface area contributed by atoms with Gasteiger partial charge in [0.05, 0.1) is 6.04 Å². The van der Waals surface area contributed by atoms with Crippen molar-refractivity contribution in [3.63, 3.8) is 0 Å². The molecule has 1 atom stereocenters. The normalized spacial score (nSPS) is 19.9. The lowest BCUT2D eigenvalue weighted by Gasteiger charge is -2.23. The zero-order valence-electron chi connectivity index (χ0n) is 9.54. The molecule has 16 heavy (non-hydrogen) atoms. The highest BCUT2D eigenvalue weighted by Crippen LogP contribution is 2.24. The summed E-state index contributed by atoms with van der Waals surface area (Å²) in [5.74, 6) is 4.51. The number of hydrogen-bond acceptors (Lipinski definition) is 3. The number of nitrogens with one attached hydrogen (secondary N) is 1. The summed E-state index contributed by atoms with van der Waals surface area (Å²) < 4.78 is 6.35. The van der Waals surface area contributed by atoms with Crippen LogP contribution in [-0.4, -0.2) is 18.1 Å². The third-order valence-corrected chi connectivity index (χ3v) is 4.55. The third kappa shape index (κ3) is 3.54. The smallest absolute Gasteiger partial charge is 0.169 e. The van der Waals surface area contributed by atoms with Crippen molar-refractivity contribution in [1.82, 2.24) is 5.32 Å². The summed E-state index contributed by atoms with van der Waals surface area (Å²) in [7, 11) is 0. The standard InChI is InChI=1S/C12H18BrNOS/c1-9(11-2-3-12(13)15-11)14-8-10-4-6-16-7-5-10/h2-3,9-10,14H,4-8H2,1H3. The summed E-state index contributed by atoms with van der Waals surface area (Å²) in [6, 6.07) is 4.28. The highest BCUT2D eigenvalue weighted by molar-refractivity contribution is 9.10. The van der Waals surface area contributed by atoms with E-state index in [9.17, 15) is 0 Å². The first kappa shape index (κ1) is 12.5. The van der Waals surface area contributed by atoms with Gasteiger partial charge in [0.15, 0.2) is 4.67 Å². The van der Waals surface area contributed by atoms with Crippen LogP contribution in [0.5, 0.6) is 0 Å². The minimum atomic E-state index is 0.306. The van der Waals surface area contributed by atoms with Gasteiger partial charge in [-0.3, -0.25) is 0 Å². The van der Waals surface area contributed by atoms with Crippen molar-refractivity contribution in [1.29, 1.82) is 0 Å². The van der Waals surface area contributed by atoms with E-state index in [0.29, 0.717) is 6.04 Å². The Kier molecular flexibility index (Phi) is 4.79. The SMILES string of the molecule is CC(NCC1CCSCC1)c1ccc(Br)o1. The molecule has 1 aromatic heterocycles. The van der Waals surface area contributed by atoms with Crippen LogP contribution in [0, 0.1) is 5.92 Å². The Hall–Kier alpha value is 0.0700. The molecule has 0 radical (unpaired) electrons. The first-order valence-electron chi connectivity index (χ1n) is 5.82. The molecule has 90 valence electrons. The number of rotatable bonds is 4. The van der Waals surface area contributed by atoms with Crippen molar-refractivity contribution in [3.05, 3.63) is 22.6 Å². The van der Waals surface area contributed by atoms with Gasteiger partial charge in [0.1, 0.15) is 5.76 Å². The Morgan fingerprint density at radius 2 is 2.25 bits per heavy atom. The summed E-state index contributed by atoms with van der Waals surface area (Å²) in [5, 5.41) is 3.56. The van der Waals surface area contributed by atoms with Gasteiger partial charge in [-0.1, -0.05) is 0 Å². The van der Waals surface area contributed by atoms with Gasteiger partial charge in [0, 0.05) is 0 Å². The summed E-state index contributed by atoms with van der Waals surface area (Å²) in [6.45, 7) is 3.27. The number of halogens is 1. The van der Waals surface area contributed by atoms with Crippen LogP contribution >= 0.6 is 27.7 Å². The van der Waals surface area contributed by atoms with Crippen LogP contribution in [0.15, 0.2) is 21.2 Å². The third-order valence-electron chi connectivity index (χ3n) is 3.07. The molecule has 1 N–H and O–H groups in total. The van der Waals surface area contributed by atoms with E-state index >= 15 is 0 Å². The van der Waals surface area contributed by atoms with Crippen molar-refractivity contribution in [2.45, 2.75) is 25.8 Å². The van der Waals surface area contributed by atoms with Gasteiger partial charge < -0.3 is 9.73 Å². The molecule has 2 heterocycles. The van der Waals surface area contributed by atoms with Crippen LogP contribution in [0.25, 0.3) is 0 Å². The number of hydrogen-bond donors (Lipinski definition) is 1. The van der Waals surface area contributed by atoms with Crippen molar-refractivity contribution in [2.24, 2.45) is 5.92 Å². The predicted octanol–water partition coefficient (Wildman–Crippen LogP) is 3.84. The summed E-state index contributed by atoms with van der Waals surface area (Å²) in [5.41, 5.74) is 0. The Balaban J connectivity index is 1.76. The molecular formula is C12H18BrNOS. The lowest BCUT2D eigenvalue weighted by molar-refractivity contribution is 0.376. The van der Waals surface area contributed by atoms with Crippen LogP contribution in [0.4, 0.5) is 0 Å². The van der Waals surface area contributed by atoms with Crippen LogP contribution in [-0.2, 0) is 0 Å². The zero-order valence-corrected chi connectivity index (χ0v) is 11.9. The molecule has 1 aliphatic rings. The highest BCUT2D eigenvalue weighted by Gasteiger charge is 2.16. The van der Waals surface area contributed by atoms with E-state index in [2.05, 4.69) is 39.9 Å². The minimum Gasteiger partial charge on any atom is -0.453 e. The van der Waals surface area contributed by atoms with E-state index in [1.54, 1.807) is 0 Å². The van der Waals surface area contributed by atoms with Gasteiger partial charge in [-0.15, -0.1) is 0 Å². The Labute approximate surface area is 110 Å². The second-order valence-corrected chi connectivity index (χ2v) is 6.33. The quantitative estimate of drug-likeness (QED) is 0.915. The van der Waals surface area contributed by atoms with Crippen LogP contribution in [0.3, 0.4) is 0 Å². The first-order chi connectivity index (χ1) is 7.75. The number of thioether (sulfide) groups is 1. The van der Waals surface area contributed by atoms with Crippen molar-refractivity contribution >= 4 is 27.7 Å². The maximum Gasteiger partial charge on any atom is 0.169 e. The van der Waals surface area contributed by atoms with Gasteiger partial charge >= 0.3 is 0 Å². The topological polar surface area (TPSA) is 25.2 Å². The maximum atomic E-state index is 5.54. The average Bonchev–Trinajstić information content (AvgIpc) is 2.74.